The van der Waals surface area contributed by atoms with E-state index in [0.29, 0.717) is 38.3 Å². The van der Waals surface area contributed by atoms with Gasteiger partial charge in [0.05, 0.1) is 0 Å². The van der Waals surface area contributed by atoms with Gasteiger partial charge in [0, 0.05) is 37.8 Å². The number of carbonyl (C=O) groups excluding carboxylic acids is 1. The molecule has 0 fully saturated rings. The van der Waals surface area contributed by atoms with Crippen LogP contribution in [0.25, 0.3) is 0 Å². The van der Waals surface area contributed by atoms with E-state index in [2.05, 4.69) is 17.1 Å². The van der Waals surface area contributed by atoms with Crippen molar-refractivity contribution in [2.75, 3.05) is 6.54 Å². The van der Waals surface area contributed by atoms with Crippen LogP contribution in [-0.4, -0.2) is 27.4 Å². The van der Waals surface area contributed by atoms with E-state index >= 15 is 0 Å². The summed E-state index contributed by atoms with van der Waals surface area (Å²) in [4.78, 5) is 19.5. The van der Waals surface area contributed by atoms with Gasteiger partial charge < -0.3 is 14.7 Å². The van der Waals surface area contributed by atoms with Crippen LogP contribution < -0.4 is 4.74 Å². The number of phenolic OH excluding ortho intramolecular Hbond substituents is 1. The zero-order valence-electron chi connectivity index (χ0n) is 21.1. The third-order valence-electron chi connectivity index (χ3n) is 6.30. The maximum atomic E-state index is 13.2. The van der Waals surface area contributed by atoms with Crippen LogP contribution in [0.4, 0.5) is 0 Å². The van der Waals surface area contributed by atoms with E-state index in [1.807, 2.05) is 77.7 Å². The van der Waals surface area contributed by atoms with Gasteiger partial charge in [-0.25, -0.2) is 0 Å². The van der Waals surface area contributed by atoms with E-state index in [0.717, 1.165) is 36.1 Å². The number of aryl methyl sites for hydroxylation is 1. The van der Waals surface area contributed by atoms with Crippen LogP contribution in [0.5, 0.6) is 11.5 Å². The minimum atomic E-state index is 0.0772. The molecular weight excluding hydrogens is 460 g/mol. The lowest BCUT2D eigenvalue weighted by atomic mass is 10.1. The highest BCUT2D eigenvalue weighted by Crippen LogP contribution is 2.28. The quantitative estimate of drug-likeness (QED) is 0.220. The molecule has 0 aliphatic carbocycles. The van der Waals surface area contributed by atoms with Gasteiger partial charge in [0.2, 0.25) is 5.91 Å². The number of unbranched alkanes of at least 4 members (excludes halogenated alkanes) is 1. The van der Waals surface area contributed by atoms with Crippen molar-refractivity contribution in [2.45, 2.75) is 45.3 Å². The molecule has 37 heavy (non-hydrogen) atoms. The molecule has 4 aromatic rings. The topological polar surface area (TPSA) is 62.7 Å². The van der Waals surface area contributed by atoms with Gasteiger partial charge in [-0.1, -0.05) is 72.8 Å². The van der Waals surface area contributed by atoms with E-state index in [9.17, 15) is 9.90 Å². The molecule has 3 aromatic carbocycles. The number of nitrogens with zero attached hydrogens (tertiary/aromatic N) is 2. The van der Waals surface area contributed by atoms with Crippen molar-refractivity contribution >= 4 is 5.91 Å². The summed E-state index contributed by atoms with van der Waals surface area (Å²) in [6, 6.07) is 31.4. The first-order chi connectivity index (χ1) is 18.2. The van der Waals surface area contributed by atoms with Crippen LogP contribution >= 0.6 is 0 Å². The zero-order chi connectivity index (χ0) is 25.7. The maximum Gasteiger partial charge on any atom is 0.222 e. The lowest BCUT2D eigenvalue weighted by molar-refractivity contribution is -0.131. The number of hydrogen-bond donors (Lipinski definition) is 1. The molecule has 4 rings (SSSR count). The molecule has 0 saturated heterocycles. The number of hydrogen-bond acceptors (Lipinski definition) is 4. The summed E-state index contributed by atoms with van der Waals surface area (Å²) in [5.74, 6) is 0.626. The molecule has 0 aliphatic heterocycles. The highest BCUT2D eigenvalue weighted by atomic mass is 16.5. The Morgan fingerprint density at radius 3 is 2.22 bits per heavy atom. The third-order valence-corrected chi connectivity index (χ3v) is 6.30. The van der Waals surface area contributed by atoms with Crippen LogP contribution in [0.3, 0.4) is 0 Å². The Morgan fingerprint density at radius 2 is 1.51 bits per heavy atom. The van der Waals surface area contributed by atoms with Crippen LogP contribution in [-0.2, 0) is 30.8 Å². The number of rotatable bonds is 13. The summed E-state index contributed by atoms with van der Waals surface area (Å²) in [5.41, 5.74) is 4.15. The number of phenols is 1. The largest absolute Gasteiger partial charge is 0.504 e. The molecule has 1 heterocycles. The second-order valence-corrected chi connectivity index (χ2v) is 9.16. The molecule has 1 N–H and O–H groups in total. The van der Waals surface area contributed by atoms with Crippen molar-refractivity contribution in [2.24, 2.45) is 0 Å². The molecule has 5 heteroatoms. The molecule has 0 saturated carbocycles. The molecule has 0 atom stereocenters. The normalized spacial score (nSPS) is 10.7. The Kier molecular flexibility index (Phi) is 9.70. The number of benzene rings is 3. The zero-order valence-corrected chi connectivity index (χ0v) is 21.1. The highest BCUT2D eigenvalue weighted by Gasteiger charge is 2.16. The Bertz CT molecular complexity index is 1230. The van der Waals surface area contributed by atoms with Crippen molar-refractivity contribution in [1.82, 2.24) is 9.88 Å². The SMILES string of the molecule is O=C(CCCCc1ccccc1)N(CCc1ccccn1)Cc1ccc(OCc2ccccc2)c(O)c1. The van der Waals surface area contributed by atoms with Gasteiger partial charge in [-0.15, -0.1) is 0 Å². The molecule has 1 aromatic heterocycles. The van der Waals surface area contributed by atoms with Crippen LogP contribution in [0.15, 0.2) is 103 Å². The molecule has 0 aliphatic rings. The molecule has 0 bridgehead atoms. The minimum Gasteiger partial charge on any atom is -0.504 e. The first-order valence-corrected chi connectivity index (χ1v) is 12.9. The number of aromatic nitrogens is 1. The Hall–Kier alpha value is -4.12. The van der Waals surface area contributed by atoms with E-state index in [1.54, 1.807) is 18.3 Å². The lowest BCUT2D eigenvalue weighted by Gasteiger charge is -2.23. The van der Waals surface area contributed by atoms with Crippen LogP contribution in [0.1, 0.15) is 41.6 Å². The summed E-state index contributed by atoms with van der Waals surface area (Å²) in [6.45, 7) is 1.38. The number of ether oxygens (including phenoxy) is 1. The van der Waals surface area contributed by atoms with Crippen LogP contribution in [0, 0.1) is 0 Å². The van der Waals surface area contributed by atoms with E-state index in [-0.39, 0.29) is 11.7 Å². The van der Waals surface area contributed by atoms with Gasteiger partial charge in [0.1, 0.15) is 6.61 Å². The molecule has 5 nitrogen and oxygen atoms in total. The van der Waals surface area contributed by atoms with Gasteiger partial charge in [-0.05, 0) is 60.2 Å². The predicted molar refractivity (Wildman–Crippen MR) is 146 cm³/mol. The Labute approximate surface area is 219 Å². The first kappa shape index (κ1) is 26.0. The summed E-state index contributed by atoms with van der Waals surface area (Å²) in [6.07, 6.45) is 5.74. The van der Waals surface area contributed by atoms with Crippen molar-refractivity contribution in [3.63, 3.8) is 0 Å². The second kappa shape index (κ2) is 13.8. The van der Waals surface area contributed by atoms with Gasteiger partial charge in [-0.2, -0.15) is 0 Å². The Morgan fingerprint density at radius 1 is 0.784 bits per heavy atom. The fourth-order valence-corrected chi connectivity index (χ4v) is 4.23. The summed E-state index contributed by atoms with van der Waals surface area (Å²) in [7, 11) is 0. The van der Waals surface area contributed by atoms with Crippen molar-refractivity contribution in [3.05, 3.63) is 126 Å². The van der Waals surface area contributed by atoms with Crippen molar-refractivity contribution in [1.29, 1.82) is 0 Å². The van der Waals surface area contributed by atoms with Crippen molar-refractivity contribution < 1.29 is 14.6 Å². The summed E-state index contributed by atoms with van der Waals surface area (Å²) < 4.78 is 5.80. The third kappa shape index (κ3) is 8.50. The predicted octanol–water partition coefficient (Wildman–Crippen LogP) is 6.35. The monoisotopic (exact) mass is 494 g/mol. The molecule has 0 unspecified atom stereocenters. The highest BCUT2D eigenvalue weighted by molar-refractivity contribution is 5.76. The van der Waals surface area contributed by atoms with Gasteiger partial charge in [-0.3, -0.25) is 9.78 Å². The van der Waals surface area contributed by atoms with E-state index < -0.39 is 0 Å². The first-order valence-electron chi connectivity index (χ1n) is 12.9. The Balaban J connectivity index is 1.35. The fourth-order valence-electron chi connectivity index (χ4n) is 4.23. The molecule has 1 amide bonds. The summed E-state index contributed by atoms with van der Waals surface area (Å²) in [5, 5.41) is 10.6. The standard InChI is InChI=1S/C32H34N2O3/c35-30-23-28(18-19-31(30)37-25-27-14-5-2-6-15-27)24-34(22-20-29-16-9-10-21-33-29)32(36)17-8-7-13-26-11-3-1-4-12-26/h1-6,9-12,14-16,18-19,21,23,35H,7-8,13,17,20,22,24-25H2. The molecule has 0 radical (unpaired) electrons. The smallest absolute Gasteiger partial charge is 0.222 e. The van der Waals surface area contributed by atoms with Gasteiger partial charge >= 0.3 is 0 Å². The number of aromatic hydroxyl groups is 1. The average molecular weight is 495 g/mol. The van der Waals surface area contributed by atoms with Crippen LogP contribution in [0.2, 0.25) is 0 Å². The number of amides is 1. The average Bonchev–Trinajstić information content (AvgIpc) is 2.94. The maximum absolute atomic E-state index is 13.2. The number of pyridine rings is 1. The number of carbonyl (C=O) groups is 1. The lowest BCUT2D eigenvalue weighted by Crippen LogP contribution is -2.32. The fraction of sp³-hybridized carbons (Fsp3) is 0.250. The molecule has 190 valence electrons. The van der Waals surface area contributed by atoms with E-state index in [4.69, 9.17) is 4.74 Å². The minimum absolute atomic E-state index is 0.0772. The van der Waals surface area contributed by atoms with Gasteiger partial charge in [0.25, 0.3) is 0 Å². The van der Waals surface area contributed by atoms with E-state index in [1.165, 1.54) is 5.56 Å². The summed E-state index contributed by atoms with van der Waals surface area (Å²) >= 11 is 0. The van der Waals surface area contributed by atoms with Crippen molar-refractivity contribution in [3.8, 4) is 11.5 Å². The molecular formula is C32H34N2O3. The molecule has 0 spiro atoms. The van der Waals surface area contributed by atoms with Gasteiger partial charge in [0.15, 0.2) is 11.5 Å². The second-order valence-electron chi connectivity index (χ2n) is 9.16.